The van der Waals surface area contributed by atoms with Gasteiger partial charge in [0.2, 0.25) is 0 Å². The quantitative estimate of drug-likeness (QED) is 0.494. The fraction of sp³-hybridized carbons (Fsp3) is 0.333. The van der Waals surface area contributed by atoms with Gasteiger partial charge in [0.15, 0.2) is 5.16 Å². The van der Waals surface area contributed by atoms with E-state index in [4.69, 9.17) is 6.42 Å². The van der Waals surface area contributed by atoms with Gasteiger partial charge in [-0.15, -0.1) is 11.5 Å². The number of hydrogen-bond donors (Lipinski definition) is 1. The summed E-state index contributed by atoms with van der Waals surface area (Å²) < 4.78 is 1.42. The van der Waals surface area contributed by atoms with Gasteiger partial charge >= 0.3 is 5.69 Å². The van der Waals surface area contributed by atoms with Gasteiger partial charge in [-0.2, -0.15) is 0 Å². The molecule has 0 aromatic carbocycles. The van der Waals surface area contributed by atoms with E-state index in [1.54, 1.807) is 7.05 Å². The van der Waals surface area contributed by atoms with Gasteiger partial charge in [-0.05, 0) is 0 Å². The number of thioether (sulfide) groups is 1. The van der Waals surface area contributed by atoms with Gasteiger partial charge in [-0.1, -0.05) is 17.7 Å². The predicted molar refractivity (Wildman–Crippen MR) is 43.4 cm³/mol. The first-order chi connectivity index (χ1) is 5.25. The van der Waals surface area contributed by atoms with Crippen molar-refractivity contribution in [1.29, 1.82) is 0 Å². The Morgan fingerprint density at radius 2 is 2.64 bits per heavy atom. The van der Waals surface area contributed by atoms with Gasteiger partial charge in [0.25, 0.3) is 0 Å². The minimum Gasteiger partial charge on any atom is -0.273 e. The van der Waals surface area contributed by atoms with Crippen molar-refractivity contribution in [3.8, 4) is 12.3 Å². The smallest absolute Gasteiger partial charge is 0.273 e. The molecule has 0 aliphatic heterocycles. The van der Waals surface area contributed by atoms with Gasteiger partial charge in [0.1, 0.15) is 0 Å². The highest BCUT2D eigenvalue weighted by Crippen LogP contribution is 2.09. The van der Waals surface area contributed by atoms with Crippen LogP contribution >= 0.6 is 11.8 Å². The van der Waals surface area contributed by atoms with Crippen molar-refractivity contribution in [3.05, 3.63) is 10.5 Å². The number of rotatable bonds is 2. The van der Waals surface area contributed by atoms with E-state index >= 15 is 0 Å². The second kappa shape index (κ2) is 3.30. The summed E-state index contributed by atoms with van der Waals surface area (Å²) in [4.78, 5) is 10.8. The first-order valence-electron chi connectivity index (χ1n) is 2.93. The molecule has 0 aliphatic rings. The molecule has 0 saturated carbocycles. The molecule has 5 heteroatoms. The molecule has 0 spiro atoms. The molecular formula is C6H7N3OS. The molecule has 4 nitrogen and oxygen atoms in total. The number of terminal acetylenes is 1. The third-order valence-corrected chi connectivity index (χ3v) is 2.06. The van der Waals surface area contributed by atoms with Gasteiger partial charge in [0, 0.05) is 7.05 Å². The molecule has 0 atom stereocenters. The molecule has 0 radical (unpaired) electrons. The topological polar surface area (TPSA) is 50.7 Å². The lowest BCUT2D eigenvalue weighted by Gasteiger charge is -1.92. The molecule has 58 valence electrons. The second-order valence-corrected chi connectivity index (χ2v) is 2.81. The summed E-state index contributed by atoms with van der Waals surface area (Å²) in [7, 11) is 1.64. The maximum absolute atomic E-state index is 10.8. The number of aromatic amines is 1. The van der Waals surface area contributed by atoms with Gasteiger partial charge < -0.3 is 0 Å². The van der Waals surface area contributed by atoms with E-state index in [1.165, 1.54) is 16.3 Å². The Hall–Kier alpha value is -1.15. The van der Waals surface area contributed by atoms with E-state index in [-0.39, 0.29) is 5.69 Å². The standard InChI is InChI=1S/C6H7N3OS/c1-3-4-11-6-8-7-5(10)9(6)2/h1H,4H2,2H3,(H,7,10). The molecule has 0 bridgehead atoms. The van der Waals surface area contributed by atoms with E-state index in [1.807, 2.05) is 0 Å². The normalized spacial score (nSPS) is 9.45. The van der Waals surface area contributed by atoms with Crippen LogP contribution in [0.1, 0.15) is 0 Å². The lowest BCUT2D eigenvalue weighted by molar-refractivity contribution is 0.766. The third kappa shape index (κ3) is 1.65. The molecular weight excluding hydrogens is 162 g/mol. The summed E-state index contributed by atoms with van der Waals surface area (Å²) in [6.07, 6.45) is 5.04. The summed E-state index contributed by atoms with van der Waals surface area (Å²) >= 11 is 1.35. The van der Waals surface area contributed by atoms with Crippen molar-refractivity contribution in [1.82, 2.24) is 14.8 Å². The lowest BCUT2D eigenvalue weighted by Crippen LogP contribution is -2.12. The molecule has 1 rings (SSSR count). The monoisotopic (exact) mass is 169 g/mol. The highest BCUT2D eigenvalue weighted by atomic mass is 32.2. The lowest BCUT2D eigenvalue weighted by atomic mass is 10.8. The summed E-state index contributed by atoms with van der Waals surface area (Å²) in [5.41, 5.74) is -0.218. The zero-order chi connectivity index (χ0) is 8.27. The molecule has 0 amide bonds. The van der Waals surface area contributed by atoms with Crippen molar-refractivity contribution < 1.29 is 0 Å². The Morgan fingerprint density at radius 3 is 3.09 bits per heavy atom. The number of hydrogen-bond acceptors (Lipinski definition) is 3. The number of nitrogens with zero attached hydrogens (tertiary/aromatic N) is 2. The highest BCUT2D eigenvalue weighted by molar-refractivity contribution is 7.99. The van der Waals surface area contributed by atoms with E-state index in [2.05, 4.69) is 16.1 Å². The Morgan fingerprint density at radius 1 is 1.91 bits per heavy atom. The molecule has 1 aromatic rings. The van der Waals surface area contributed by atoms with E-state index in [0.717, 1.165) is 0 Å². The molecule has 11 heavy (non-hydrogen) atoms. The molecule has 0 fully saturated rings. The van der Waals surface area contributed by atoms with Crippen molar-refractivity contribution in [2.45, 2.75) is 5.16 Å². The molecule has 1 aromatic heterocycles. The van der Waals surface area contributed by atoms with Crippen LogP contribution in [0, 0.1) is 12.3 Å². The zero-order valence-electron chi connectivity index (χ0n) is 6.00. The Kier molecular flexibility index (Phi) is 2.39. The Bertz CT molecular complexity index is 332. The second-order valence-electron chi connectivity index (χ2n) is 1.86. The summed E-state index contributed by atoms with van der Waals surface area (Å²) in [6, 6.07) is 0. The highest BCUT2D eigenvalue weighted by Gasteiger charge is 2.01. The van der Waals surface area contributed by atoms with Gasteiger partial charge in [-0.3, -0.25) is 4.57 Å². The number of nitrogens with one attached hydrogen (secondary N) is 1. The predicted octanol–water partition coefficient (Wildman–Crippen LogP) is -0.166. The van der Waals surface area contributed by atoms with Crippen LogP contribution in [0.3, 0.4) is 0 Å². The van der Waals surface area contributed by atoms with Crippen LogP contribution in [0.4, 0.5) is 0 Å². The van der Waals surface area contributed by atoms with Crippen LogP contribution in [0.15, 0.2) is 9.95 Å². The maximum Gasteiger partial charge on any atom is 0.343 e. The molecule has 1 heterocycles. The largest absolute Gasteiger partial charge is 0.343 e. The first-order valence-corrected chi connectivity index (χ1v) is 3.92. The van der Waals surface area contributed by atoms with Crippen LogP contribution in [-0.2, 0) is 7.05 Å². The van der Waals surface area contributed by atoms with Crippen molar-refractivity contribution in [3.63, 3.8) is 0 Å². The van der Waals surface area contributed by atoms with Crippen LogP contribution in [0.25, 0.3) is 0 Å². The van der Waals surface area contributed by atoms with E-state index in [9.17, 15) is 4.79 Å². The molecule has 0 unspecified atom stereocenters. The van der Waals surface area contributed by atoms with E-state index < -0.39 is 0 Å². The summed E-state index contributed by atoms with van der Waals surface area (Å²) in [6.45, 7) is 0. The first kappa shape index (κ1) is 7.95. The molecule has 1 N–H and O–H groups in total. The minimum atomic E-state index is -0.218. The SMILES string of the molecule is C#CCSc1n[nH]c(=O)n1C. The van der Waals surface area contributed by atoms with Crippen molar-refractivity contribution in [2.24, 2.45) is 7.05 Å². The number of aromatic nitrogens is 3. The van der Waals surface area contributed by atoms with Crippen LogP contribution < -0.4 is 5.69 Å². The fourth-order valence-corrected chi connectivity index (χ4v) is 1.17. The van der Waals surface area contributed by atoms with Crippen LogP contribution in [-0.4, -0.2) is 20.5 Å². The average molecular weight is 169 g/mol. The van der Waals surface area contributed by atoms with Crippen molar-refractivity contribution in [2.75, 3.05) is 5.75 Å². The Labute approximate surface area is 68.0 Å². The maximum atomic E-state index is 10.8. The fourth-order valence-electron chi connectivity index (χ4n) is 0.568. The van der Waals surface area contributed by atoms with Gasteiger partial charge in [-0.25, -0.2) is 9.89 Å². The molecule has 0 saturated heterocycles. The van der Waals surface area contributed by atoms with Crippen LogP contribution in [0.5, 0.6) is 0 Å². The van der Waals surface area contributed by atoms with Crippen LogP contribution in [0.2, 0.25) is 0 Å². The minimum absolute atomic E-state index is 0.218. The summed E-state index contributed by atoms with van der Waals surface area (Å²) in [5, 5.41) is 6.68. The summed E-state index contributed by atoms with van der Waals surface area (Å²) in [5.74, 6) is 2.97. The molecule has 0 aliphatic carbocycles. The third-order valence-electron chi connectivity index (χ3n) is 1.12. The zero-order valence-corrected chi connectivity index (χ0v) is 6.81. The van der Waals surface area contributed by atoms with Gasteiger partial charge in [0.05, 0.1) is 5.75 Å². The average Bonchev–Trinajstić information content (AvgIpc) is 2.31. The number of H-pyrrole nitrogens is 1. The van der Waals surface area contributed by atoms with E-state index in [0.29, 0.717) is 10.9 Å². The Balaban J connectivity index is 2.81. The van der Waals surface area contributed by atoms with Crippen molar-refractivity contribution >= 4 is 11.8 Å².